The molecule has 0 amide bonds. The zero-order valence-corrected chi connectivity index (χ0v) is 21.5. The molecule has 2 aromatic carbocycles. The van der Waals surface area contributed by atoms with Crippen LogP contribution in [0.5, 0.6) is 0 Å². The molecule has 3 aromatic rings. The van der Waals surface area contributed by atoms with Crippen molar-refractivity contribution in [3.05, 3.63) is 84.4 Å². The fourth-order valence-corrected chi connectivity index (χ4v) is 6.22. The van der Waals surface area contributed by atoms with Crippen molar-refractivity contribution in [1.29, 1.82) is 0 Å². The van der Waals surface area contributed by atoms with Gasteiger partial charge in [0.25, 0.3) is 5.82 Å². The molecule has 2 N–H and O–H groups in total. The number of carbonyl (C=O) groups excluding carboxylic acids is 1. The topological polar surface area (TPSA) is 102 Å². The Morgan fingerprint density at radius 3 is 2.44 bits per heavy atom. The van der Waals surface area contributed by atoms with E-state index in [0.717, 1.165) is 5.82 Å². The van der Waals surface area contributed by atoms with Gasteiger partial charge in [0.2, 0.25) is 10.0 Å². The zero-order chi connectivity index (χ0) is 25.8. The molecule has 9 heteroatoms. The maximum Gasteiger partial charge on any atom is 0.343 e. The lowest BCUT2D eigenvalue weighted by molar-refractivity contribution is -0.677. The van der Waals surface area contributed by atoms with Crippen LogP contribution in [0.1, 0.15) is 37.1 Å². The van der Waals surface area contributed by atoms with E-state index >= 15 is 0 Å². The fraction of sp³-hybridized carbons (Fsp3) is 0.407. The van der Waals surface area contributed by atoms with Gasteiger partial charge in [-0.25, -0.2) is 27.1 Å². The first-order valence-corrected chi connectivity index (χ1v) is 13.7. The van der Waals surface area contributed by atoms with Gasteiger partial charge in [-0.1, -0.05) is 48.5 Å². The van der Waals surface area contributed by atoms with Gasteiger partial charge in [0.15, 0.2) is 5.60 Å². The number of nitrogens with zero attached hydrogens (tertiary/aromatic N) is 2. The second-order valence-electron chi connectivity index (χ2n) is 9.41. The summed E-state index contributed by atoms with van der Waals surface area (Å²) in [6.07, 6.45) is 5.89. The predicted octanol–water partition coefficient (Wildman–Crippen LogP) is 2.59. The van der Waals surface area contributed by atoms with Crippen molar-refractivity contribution in [2.24, 2.45) is 13.0 Å². The minimum absolute atomic E-state index is 0.173. The van der Waals surface area contributed by atoms with Crippen LogP contribution in [0.25, 0.3) is 0 Å². The van der Waals surface area contributed by atoms with Crippen LogP contribution in [0.2, 0.25) is 0 Å². The summed E-state index contributed by atoms with van der Waals surface area (Å²) in [6, 6.07) is 16.6. The van der Waals surface area contributed by atoms with Crippen molar-refractivity contribution in [2.45, 2.75) is 55.7 Å². The summed E-state index contributed by atoms with van der Waals surface area (Å²) in [6.45, 7) is 2.88. The maximum atomic E-state index is 13.3. The Morgan fingerprint density at radius 2 is 1.81 bits per heavy atom. The Kier molecular flexibility index (Phi) is 7.92. The first-order valence-electron chi connectivity index (χ1n) is 12.3. The van der Waals surface area contributed by atoms with Gasteiger partial charge >= 0.3 is 5.97 Å². The highest BCUT2D eigenvalue weighted by molar-refractivity contribution is 7.89. The van der Waals surface area contributed by atoms with Crippen molar-refractivity contribution >= 4 is 16.0 Å². The predicted molar refractivity (Wildman–Crippen MR) is 134 cm³/mol. The number of hydrogen-bond donors (Lipinski definition) is 2. The number of benzene rings is 2. The average Bonchev–Trinajstić information content (AvgIpc) is 3.48. The number of imidazole rings is 1. The number of nitrogens with one attached hydrogen (secondary N) is 1. The van der Waals surface area contributed by atoms with E-state index in [-0.39, 0.29) is 17.5 Å². The second-order valence-corrected chi connectivity index (χ2v) is 11.1. The number of esters is 1. The number of carbonyl (C=O) groups is 1. The maximum absolute atomic E-state index is 13.3. The largest absolute Gasteiger partial charge is 0.463 e. The molecule has 192 valence electrons. The van der Waals surface area contributed by atoms with E-state index in [0.29, 0.717) is 37.8 Å². The SMILES string of the molecule is Cc1n(CCCOC(=O)[C@](O)(c2ccccc2)[C@H]2CCC(NS(=O)(=O)c3ccccc3)C2)cc[n+]1C. The van der Waals surface area contributed by atoms with Crippen LogP contribution in [0.15, 0.2) is 78.0 Å². The molecule has 4 rings (SSSR count). The lowest BCUT2D eigenvalue weighted by Gasteiger charge is -2.32. The van der Waals surface area contributed by atoms with Crippen LogP contribution in [0.3, 0.4) is 0 Å². The molecular formula is C27H34N3O5S+. The van der Waals surface area contributed by atoms with Crippen LogP contribution in [0, 0.1) is 12.8 Å². The summed E-state index contributed by atoms with van der Waals surface area (Å²) in [7, 11) is -1.72. The van der Waals surface area contributed by atoms with E-state index in [2.05, 4.69) is 9.29 Å². The molecule has 0 bridgehead atoms. The Hall–Kier alpha value is -3.01. The molecule has 1 saturated carbocycles. The van der Waals surface area contributed by atoms with Gasteiger partial charge in [-0.2, -0.15) is 0 Å². The van der Waals surface area contributed by atoms with Crippen LogP contribution < -0.4 is 9.29 Å². The zero-order valence-electron chi connectivity index (χ0n) is 20.7. The molecular weight excluding hydrogens is 478 g/mol. The molecule has 36 heavy (non-hydrogen) atoms. The number of aliphatic hydroxyl groups is 1. The van der Waals surface area contributed by atoms with Gasteiger partial charge in [0.05, 0.1) is 25.1 Å². The molecule has 1 aromatic heterocycles. The van der Waals surface area contributed by atoms with E-state index < -0.39 is 27.5 Å². The third kappa shape index (κ3) is 5.53. The number of rotatable bonds is 10. The van der Waals surface area contributed by atoms with Crippen molar-refractivity contribution in [1.82, 2.24) is 9.29 Å². The number of sulfonamides is 1. The molecule has 0 saturated heterocycles. The Bertz CT molecular complexity index is 1280. The van der Waals surface area contributed by atoms with Crippen molar-refractivity contribution < 1.29 is 27.6 Å². The van der Waals surface area contributed by atoms with Gasteiger partial charge in [0, 0.05) is 25.3 Å². The van der Waals surface area contributed by atoms with Gasteiger partial charge in [0.1, 0.15) is 12.4 Å². The van der Waals surface area contributed by atoms with Crippen LogP contribution >= 0.6 is 0 Å². The fourth-order valence-electron chi connectivity index (χ4n) is 4.91. The van der Waals surface area contributed by atoms with E-state index in [9.17, 15) is 18.3 Å². The highest BCUT2D eigenvalue weighted by Gasteiger charge is 2.50. The molecule has 8 nitrogen and oxygen atoms in total. The van der Waals surface area contributed by atoms with Crippen molar-refractivity contribution in [2.75, 3.05) is 6.61 Å². The van der Waals surface area contributed by atoms with Crippen LogP contribution in [-0.4, -0.2) is 36.7 Å². The minimum Gasteiger partial charge on any atom is -0.463 e. The monoisotopic (exact) mass is 512 g/mol. The summed E-state index contributed by atoms with van der Waals surface area (Å²) >= 11 is 0. The van der Waals surface area contributed by atoms with Gasteiger partial charge in [-0.15, -0.1) is 0 Å². The summed E-state index contributed by atoms with van der Waals surface area (Å²) in [5.41, 5.74) is -1.40. The molecule has 1 unspecified atom stereocenters. The van der Waals surface area contributed by atoms with Gasteiger partial charge in [-0.05, 0) is 37.0 Å². The second kappa shape index (κ2) is 10.9. The first kappa shape index (κ1) is 26.1. The summed E-state index contributed by atoms with van der Waals surface area (Å²) in [5.74, 6) is -0.0845. The number of aryl methyl sites for hydroxylation is 2. The molecule has 1 aliphatic carbocycles. The third-order valence-corrected chi connectivity index (χ3v) is 8.63. The third-order valence-electron chi connectivity index (χ3n) is 7.10. The molecule has 3 atom stereocenters. The molecule has 0 spiro atoms. The van der Waals surface area contributed by atoms with E-state index in [4.69, 9.17) is 4.74 Å². The van der Waals surface area contributed by atoms with Crippen LogP contribution in [-0.2, 0) is 38.7 Å². The number of aromatic nitrogens is 2. The number of hydrogen-bond acceptors (Lipinski definition) is 5. The van der Waals surface area contributed by atoms with E-state index in [1.165, 1.54) is 0 Å². The lowest BCUT2D eigenvalue weighted by Crippen LogP contribution is -2.44. The van der Waals surface area contributed by atoms with Crippen LogP contribution in [0.4, 0.5) is 0 Å². The molecule has 1 heterocycles. The minimum atomic E-state index is -3.70. The first-order chi connectivity index (χ1) is 17.2. The Morgan fingerprint density at radius 1 is 1.14 bits per heavy atom. The summed E-state index contributed by atoms with van der Waals surface area (Å²) in [5, 5.41) is 11.8. The Labute approximate surface area is 212 Å². The number of ether oxygens (including phenoxy) is 1. The quantitative estimate of drug-likeness (QED) is 0.247. The Balaban J connectivity index is 1.44. The highest BCUT2D eigenvalue weighted by Crippen LogP contribution is 2.42. The summed E-state index contributed by atoms with van der Waals surface area (Å²) < 4.78 is 38.0. The average molecular weight is 513 g/mol. The summed E-state index contributed by atoms with van der Waals surface area (Å²) in [4.78, 5) is 13.5. The van der Waals surface area contributed by atoms with Crippen molar-refractivity contribution in [3.63, 3.8) is 0 Å². The smallest absolute Gasteiger partial charge is 0.343 e. The molecule has 0 radical (unpaired) electrons. The van der Waals surface area contributed by atoms with E-state index in [1.54, 1.807) is 54.6 Å². The van der Waals surface area contributed by atoms with Gasteiger partial charge < -0.3 is 9.84 Å². The highest BCUT2D eigenvalue weighted by atomic mass is 32.2. The lowest BCUT2D eigenvalue weighted by atomic mass is 9.80. The van der Waals surface area contributed by atoms with Gasteiger partial charge in [-0.3, -0.25) is 0 Å². The normalized spacial score (nSPS) is 19.6. The molecule has 1 aliphatic rings. The molecule has 0 aliphatic heterocycles. The van der Waals surface area contributed by atoms with E-state index in [1.807, 2.05) is 37.0 Å². The standard InChI is InChI=1S/C27H34N3O5S/c1-21-29(2)17-18-30(21)16-9-19-35-26(31)27(32,22-10-5-3-6-11-22)23-14-15-24(20-23)28-36(33,34)25-12-7-4-8-13-25/h3-8,10-13,17-18,23-24,28,32H,9,14-16,19-20H2,1-2H3/q+1/t23-,24?,27-/m0/s1. The molecule has 1 fully saturated rings. The van der Waals surface area contributed by atoms with Crippen molar-refractivity contribution in [3.8, 4) is 0 Å².